The standard InChI is InChI=1S/C24H27N5O2/c1-15-12-18(15)23(31)26-17-9-7-8-16(13-17)22(30)27-21-14-19(24(2,3)4)28-29(21)20-10-5-6-11-25-20/h5-11,13-15,18H,12H2,1-4H3,(H,26,31)(H,27,30). The van der Waals surface area contributed by atoms with E-state index in [1.165, 1.54) is 0 Å². The van der Waals surface area contributed by atoms with Gasteiger partial charge in [-0.1, -0.05) is 39.8 Å². The number of hydrogen-bond acceptors (Lipinski definition) is 4. The van der Waals surface area contributed by atoms with Gasteiger partial charge in [-0.3, -0.25) is 9.59 Å². The first-order chi connectivity index (χ1) is 14.7. The third kappa shape index (κ3) is 4.66. The highest BCUT2D eigenvalue weighted by molar-refractivity contribution is 6.05. The predicted octanol–water partition coefficient (Wildman–Crippen LogP) is 4.41. The lowest BCUT2D eigenvalue weighted by Gasteiger charge is -2.13. The topological polar surface area (TPSA) is 88.9 Å². The van der Waals surface area contributed by atoms with E-state index in [1.807, 2.05) is 24.3 Å². The summed E-state index contributed by atoms with van der Waals surface area (Å²) in [7, 11) is 0. The average Bonchev–Trinajstić information content (AvgIpc) is 3.31. The number of hydrogen-bond donors (Lipinski definition) is 2. The Morgan fingerprint density at radius 3 is 2.48 bits per heavy atom. The second-order valence-corrected chi connectivity index (χ2v) is 9.11. The van der Waals surface area contributed by atoms with Crippen molar-refractivity contribution >= 4 is 23.3 Å². The minimum atomic E-state index is -0.284. The van der Waals surface area contributed by atoms with Crippen LogP contribution in [0.2, 0.25) is 0 Å². The van der Waals surface area contributed by atoms with Gasteiger partial charge in [-0.05, 0) is 42.7 Å². The quantitative estimate of drug-likeness (QED) is 0.643. The molecule has 4 rings (SSSR count). The molecule has 1 fully saturated rings. The van der Waals surface area contributed by atoms with Gasteiger partial charge in [0.15, 0.2) is 5.82 Å². The number of aromatic nitrogens is 3. The largest absolute Gasteiger partial charge is 0.326 e. The van der Waals surface area contributed by atoms with E-state index in [1.54, 1.807) is 35.1 Å². The molecule has 2 unspecified atom stereocenters. The summed E-state index contributed by atoms with van der Waals surface area (Å²) in [4.78, 5) is 29.6. The molecule has 7 nitrogen and oxygen atoms in total. The van der Waals surface area contributed by atoms with Crippen molar-refractivity contribution in [2.24, 2.45) is 11.8 Å². The van der Waals surface area contributed by atoms with Crippen LogP contribution in [0.25, 0.3) is 5.82 Å². The van der Waals surface area contributed by atoms with E-state index in [-0.39, 0.29) is 23.1 Å². The first-order valence-corrected chi connectivity index (χ1v) is 10.5. The summed E-state index contributed by atoms with van der Waals surface area (Å²) in [5.74, 6) is 1.38. The molecule has 1 saturated carbocycles. The Balaban J connectivity index is 1.58. The number of carbonyl (C=O) groups is 2. The van der Waals surface area contributed by atoms with E-state index in [2.05, 4.69) is 48.4 Å². The molecule has 7 heteroatoms. The zero-order valence-electron chi connectivity index (χ0n) is 18.2. The maximum absolute atomic E-state index is 13.0. The Bertz CT molecular complexity index is 1110. The molecule has 3 aromatic rings. The number of rotatable bonds is 5. The summed E-state index contributed by atoms with van der Waals surface area (Å²) in [6, 6.07) is 14.4. The van der Waals surface area contributed by atoms with Crippen LogP contribution in [0.1, 0.15) is 50.2 Å². The normalized spacial score (nSPS) is 17.8. The third-order valence-corrected chi connectivity index (χ3v) is 5.42. The molecule has 160 valence electrons. The van der Waals surface area contributed by atoms with Crippen molar-refractivity contribution in [3.63, 3.8) is 0 Å². The van der Waals surface area contributed by atoms with Crippen LogP contribution < -0.4 is 10.6 Å². The van der Waals surface area contributed by atoms with E-state index in [0.717, 1.165) is 12.1 Å². The molecule has 0 radical (unpaired) electrons. The fourth-order valence-electron chi connectivity index (χ4n) is 3.34. The lowest BCUT2D eigenvalue weighted by molar-refractivity contribution is -0.117. The van der Waals surface area contributed by atoms with E-state index in [9.17, 15) is 9.59 Å². The van der Waals surface area contributed by atoms with Crippen molar-refractivity contribution in [1.82, 2.24) is 14.8 Å². The minimum Gasteiger partial charge on any atom is -0.326 e. The summed E-state index contributed by atoms with van der Waals surface area (Å²) < 4.78 is 1.64. The van der Waals surface area contributed by atoms with E-state index >= 15 is 0 Å². The van der Waals surface area contributed by atoms with Crippen LogP contribution in [-0.4, -0.2) is 26.6 Å². The maximum atomic E-state index is 13.0. The molecule has 0 spiro atoms. The van der Waals surface area contributed by atoms with Crippen molar-refractivity contribution in [2.45, 2.75) is 39.5 Å². The number of anilines is 2. The van der Waals surface area contributed by atoms with Crippen LogP contribution in [0.4, 0.5) is 11.5 Å². The SMILES string of the molecule is CC1CC1C(=O)Nc1cccc(C(=O)Nc2cc(C(C)(C)C)nn2-c2ccccn2)c1. The molecule has 2 atom stereocenters. The molecule has 0 aliphatic heterocycles. The molecule has 2 aromatic heterocycles. The third-order valence-electron chi connectivity index (χ3n) is 5.42. The molecule has 0 saturated heterocycles. The Kier molecular flexibility index (Phi) is 5.35. The number of pyridine rings is 1. The number of nitrogens with one attached hydrogen (secondary N) is 2. The summed E-state index contributed by atoms with van der Waals surface area (Å²) in [5, 5.41) is 10.5. The lowest BCUT2D eigenvalue weighted by Crippen LogP contribution is -2.17. The Morgan fingerprint density at radius 1 is 1.06 bits per heavy atom. The van der Waals surface area contributed by atoms with Gasteiger partial charge in [0.05, 0.1) is 5.69 Å². The van der Waals surface area contributed by atoms with Gasteiger partial charge in [-0.25, -0.2) is 4.98 Å². The first-order valence-electron chi connectivity index (χ1n) is 10.5. The summed E-state index contributed by atoms with van der Waals surface area (Å²) in [6.07, 6.45) is 2.60. The van der Waals surface area contributed by atoms with Crippen molar-refractivity contribution in [1.29, 1.82) is 0 Å². The smallest absolute Gasteiger partial charge is 0.256 e. The zero-order valence-corrected chi connectivity index (χ0v) is 18.2. The zero-order chi connectivity index (χ0) is 22.2. The average molecular weight is 418 g/mol. The molecule has 1 aliphatic carbocycles. The lowest BCUT2D eigenvalue weighted by atomic mass is 9.92. The van der Waals surface area contributed by atoms with Crippen molar-refractivity contribution in [3.8, 4) is 5.82 Å². The minimum absolute atomic E-state index is 0.00751. The van der Waals surface area contributed by atoms with Crippen LogP contribution in [0.15, 0.2) is 54.7 Å². The monoisotopic (exact) mass is 417 g/mol. The number of carbonyl (C=O) groups excluding carboxylic acids is 2. The Labute approximate surface area is 181 Å². The van der Waals surface area contributed by atoms with Crippen LogP contribution in [0.5, 0.6) is 0 Å². The molecule has 2 heterocycles. The highest BCUT2D eigenvalue weighted by Gasteiger charge is 2.39. The molecule has 2 N–H and O–H groups in total. The van der Waals surface area contributed by atoms with Crippen LogP contribution >= 0.6 is 0 Å². The van der Waals surface area contributed by atoms with E-state index < -0.39 is 0 Å². The summed E-state index contributed by atoms with van der Waals surface area (Å²) in [6.45, 7) is 8.26. The molecule has 1 aliphatic rings. The molecular weight excluding hydrogens is 390 g/mol. The number of benzene rings is 1. The molecule has 31 heavy (non-hydrogen) atoms. The summed E-state index contributed by atoms with van der Waals surface area (Å²) in [5.41, 5.74) is 1.72. The fraction of sp³-hybridized carbons (Fsp3) is 0.333. The second kappa shape index (κ2) is 7.98. The van der Waals surface area contributed by atoms with Crippen molar-refractivity contribution in [3.05, 3.63) is 66.0 Å². The van der Waals surface area contributed by atoms with Crippen molar-refractivity contribution in [2.75, 3.05) is 10.6 Å². The Morgan fingerprint density at radius 2 is 1.84 bits per heavy atom. The van der Waals surface area contributed by atoms with E-state index in [0.29, 0.717) is 28.8 Å². The molecular formula is C24H27N5O2. The second-order valence-electron chi connectivity index (χ2n) is 9.11. The number of nitrogens with zero attached hydrogens (tertiary/aromatic N) is 3. The number of amides is 2. The van der Waals surface area contributed by atoms with Gasteiger partial charge < -0.3 is 10.6 Å². The predicted molar refractivity (Wildman–Crippen MR) is 120 cm³/mol. The van der Waals surface area contributed by atoms with Crippen molar-refractivity contribution < 1.29 is 9.59 Å². The molecule has 0 bridgehead atoms. The van der Waals surface area contributed by atoms with Crippen LogP contribution in [-0.2, 0) is 10.2 Å². The van der Waals surface area contributed by atoms with Crippen LogP contribution in [0.3, 0.4) is 0 Å². The van der Waals surface area contributed by atoms with Gasteiger partial charge in [-0.15, -0.1) is 0 Å². The van der Waals surface area contributed by atoms with Gasteiger partial charge in [0.2, 0.25) is 5.91 Å². The maximum Gasteiger partial charge on any atom is 0.256 e. The summed E-state index contributed by atoms with van der Waals surface area (Å²) >= 11 is 0. The van der Waals surface area contributed by atoms with Gasteiger partial charge in [0.1, 0.15) is 5.82 Å². The highest BCUT2D eigenvalue weighted by Crippen LogP contribution is 2.38. The van der Waals surface area contributed by atoms with Gasteiger partial charge in [0, 0.05) is 34.8 Å². The van der Waals surface area contributed by atoms with Gasteiger partial charge in [0.25, 0.3) is 5.91 Å². The van der Waals surface area contributed by atoms with E-state index in [4.69, 9.17) is 0 Å². The first kappa shape index (κ1) is 20.8. The Hall–Kier alpha value is -3.48. The van der Waals surface area contributed by atoms with Crippen LogP contribution in [0, 0.1) is 11.8 Å². The highest BCUT2D eigenvalue weighted by atomic mass is 16.2. The van der Waals surface area contributed by atoms with Gasteiger partial charge >= 0.3 is 0 Å². The van der Waals surface area contributed by atoms with Gasteiger partial charge in [-0.2, -0.15) is 9.78 Å². The fourth-order valence-corrected chi connectivity index (χ4v) is 3.34. The molecule has 2 amide bonds. The molecule has 1 aromatic carbocycles.